The predicted molar refractivity (Wildman–Crippen MR) is 92.1 cm³/mol. The van der Waals surface area contributed by atoms with Crippen molar-refractivity contribution in [2.75, 3.05) is 22.1 Å². The highest BCUT2D eigenvalue weighted by Crippen LogP contribution is 2.17. The predicted octanol–water partition coefficient (Wildman–Crippen LogP) is 1.98. The van der Waals surface area contributed by atoms with Crippen LogP contribution >= 0.6 is 11.6 Å². The maximum atomic E-state index is 12.1. The van der Waals surface area contributed by atoms with E-state index < -0.39 is 9.84 Å². The van der Waals surface area contributed by atoms with E-state index in [2.05, 4.69) is 20.6 Å². The summed E-state index contributed by atoms with van der Waals surface area (Å²) in [6.07, 6.45) is 3.31. The van der Waals surface area contributed by atoms with Crippen molar-refractivity contribution in [1.82, 2.24) is 9.97 Å². The van der Waals surface area contributed by atoms with Crippen molar-refractivity contribution in [2.45, 2.75) is 12.5 Å². The van der Waals surface area contributed by atoms with Gasteiger partial charge in [-0.25, -0.2) is 18.4 Å². The Balaban J connectivity index is 1.62. The second-order valence-electron chi connectivity index (χ2n) is 5.50. The van der Waals surface area contributed by atoms with Gasteiger partial charge in [-0.05, 0) is 24.6 Å². The van der Waals surface area contributed by atoms with E-state index in [1.807, 2.05) is 0 Å². The zero-order valence-electron chi connectivity index (χ0n) is 12.6. The van der Waals surface area contributed by atoms with E-state index in [1.165, 1.54) is 12.4 Å². The number of hydrogen-bond donors (Lipinski definition) is 2. The second-order valence-corrected chi connectivity index (χ2v) is 8.17. The fourth-order valence-electron chi connectivity index (χ4n) is 2.38. The van der Waals surface area contributed by atoms with Gasteiger partial charge >= 0.3 is 0 Å². The van der Waals surface area contributed by atoms with Gasteiger partial charge < -0.3 is 10.6 Å². The van der Waals surface area contributed by atoms with E-state index in [9.17, 15) is 13.2 Å². The highest BCUT2D eigenvalue weighted by molar-refractivity contribution is 7.91. The molecule has 126 valence electrons. The van der Waals surface area contributed by atoms with Gasteiger partial charge in [0.1, 0.15) is 0 Å². The normalized spacial score (nSPS) is 19.0. The lowest BCUT2D eigenvalue weighted by Crippen LogP contribution is -2.22. The second kappa shape index (κ2) is 6.74. The molecular formula is C15H15ClN4O3S. The SMILES string of the molecule is O=C(Nc1cccc(Cl)c1)c1cnc(NC2CCS(=O)(=O)C2)nc1. The molecule has 1 aromatic heterocycles. The number of carbonyl (C=O) groups excluding carboxylic acids is 1. The number of hydrogen-bond acceptors (Lipinski definition) is 6. The molecule has 7 nitrogen and oxygen atoms in total. The molecule has 1 aliphatic rings. The van der Waals surface area contributed by atoms with E-state index in [0.29, 0.717) is 28.6 Å². The molecular weight excluding hydrogens is 352 g/mol. The lowest BCUT2D eigenvalue weighted by molar-refractivity contribution is 0.102. The van der Waals surface area contributed by atoms with Crippen molar-refractivity contribution in [2.24, 2.45) is 0 Å². The molecule has 1 aliphatic heterocycles. The Hall–Kier alpha value is -2.19. The van der Waals surface area contributed by atoms with E-state index in [0.717, 1.165) is 0 Å². The molecule has 1 fully saturated rings. The van der Waals surface area contributed by atoms with Crippen LogP contribution in [0.25, 0.3) is 0 Å². The number of carbonyl (C=O) groups is 1. The van der Waals surface area contributed by atoms with Crippen molar-refractivity contribution in [3.63, 3.8) is 0 Å². The minimum Gasteiger partial charge on any atom is -0.350 e. The molecule has 1 aromatic carbocycles. The van der Waals surface area contributed by atoms with Crippen LogP contribution in [0.3, 0.4) is 0 Å². The van der Waals surface area contributed by atoms with Crippen LogP contribution in [-0.2, 0) is 9.84 Å². The molecule has 3 rings (SSSR count). The summed E-state index contributed by atoms with van der Waals surface area (Å²) >= 11 is 5.87. The van der Waals surface area contributed by atoms with Gasteiger partial charge in [-0.2, -0.15) is 0 Å². The first-order valence-corrected chi connectivity index (χ1v) is 9.47. The van der Waals surface area contributed by atoms with Crippen LogP contribution < -0.4 is 10.6 Å². The molecule has 2 aromatic rings. The number of anilines is 2. The molecule has 1 amide bonds. The van der Waals surface area contributed by atoms with Crippen molar-refractivity contribution in [3.05, 3.63) is 47.2 Å². The van der Waals surface area contributed by atoms with E-state index in [-0.39, 0.29) is 23.5 Å². The Kier molecular flexibility index (Phi) is 4.68. The molecule has 1 saturated heterocycles. The summed E-state index contributed by atoms with van der Waals surface area (Å²) in [5.74, 6) is 0.196. The molecule has 1 atom stereocenters. The number of rotatable bonds is 4. The Morgan fingerprint density at radius 2 is 2.00 bits per heavy atom. The molecule has 24 heavy (non-hydrogen) atoms. The van der Waals surface area contributed by atoms with Gasteiger partial charge in [0.05, 0.1) is 17.1 Å². The maximum Gasteiger partial charge on any atom is 0.258 e. The van der Waals surface area contributed by atoms with Crippen LogP contribution in [0, 0.1) is 0 Å². The van der Waals surface area contributed by atoms with Gasteiger partial charge in [0.25, 0.3) is 5.91 Å². The summed E-state index contributed by atoms with van der Waals surface area (Å²) in [6, 6.07) is 6.61. The fourth-order valence-corrected chi connectivity index (χ4v) is 4.24. The van der Waals surface area contributed by atoms with Crippen LogP contribution in [0.1, 0.15) is 16.8 Å². The summed E-state index contributed by atoms with van der Waals surface area (Å²) in [6.45, 7) is 0. The van der Waals surface area contributed by atoms with Gasteiger partial charge in [0, 0.05) is 29.1 Å². The van der Waals surface area contributed by atoms with Crippen LogP contribution in [-0.4, -0.2) is 41.8 Å². The van der Waals surface area contributed by atoms with E-state index in [1.54, 1.807) is 24.3 Å². The molecule has 0 bridgehead atoms. The van der Waals surface area contributed by atoms with Crippen LogP contribution in [0.4, 0.5) is 11.6 Å². The summed E-state index contributed by atoms with van der Waals surface area (Å²) in [5, 5.41) is 6.19. The summed E-state index contributed by atoms with van der Waals surface area (Å²) in [5.41, 5.74) is 0.866. The van der Waals surface area contributed by atoms with Gasteiger partial charge in [0.2, 0.25) is 5.95 Å². The first-order valence-electron chi connectivity index (χ1n) is 7.27. The third kappa shape index (κ3) is 4.21. The molecule has 0 saturated carbocycles. The molecule has 2 N–H and O–H groups in total. The highest BCUT2D eigenvalue weighted by atomic mass is 35.5. The first-order chi connectivity index (χ1) is 11.4. The molecule has 0 radical (unpaired) electrons. The maximum absolute atomic E-state index is 12.1. The lowest BCUT2D eigenvalue weighted by Gasteiger charge is -2.10. The van der Waals surface area contributed by atoms with Gasteiger partial charge in [-0.1, -0.05) is 17.7 Å². The van der Waals surface area contributed by atoms with Gasteiger partial charge in [0.15, 0.2) is 9.84 Å². The number of nitrogens with zero attached hydrogens (tertiary/aromatic N) is 2. The largest absolute Gasteiger partial charge is 0.350 e. The molecule has 0 spiro atoms. The summed E-state index contributed by atoms with van der Waals surface area (Å²) in [7, 11) is -2.97. The zero-order chi connectivity index (χ0) is 17.2. The first kappa shape index (κ1) is 16.7. The molecule has 2 heterocycles. The van der Waals surface area contributed by atoms with Crippen molar-refractivity contribution in [1.29, 1.82) is 0 Å². The molecule has 0 aliphatic carbocycles. The van der Waals surface area contributed by atoms with Crippen molar-refractivity contribution in [3.8, 4) is 0 Å². The number of halogens is 1. The van der Waals surface area contributed by atoms with Crippen molar-refractivity contribution < 1.29 is 13.2 Å². The van der Waals surface area contributed by atoms with Crippen molar-refractivity contribution >= 4 is 39.0 Å². The quantitative estimate of drug-likeness (QED) is 0.858. The van der Waals surface area contributed by atoms with Crippen LogP contribution in [0.5, 0.6) is 0 Å². The summed E-state index contributed by atoms with van der Waals surface area (Å²) < 4.78 is 22.9. The molecule has 1 unspecified atom stereocenters. The fraction of sp³-hybridized carbons (Fsp3) is 0.267. The van der Waals surface area contributed by atoms with Crippen LogP contribution in [0.15, 0.2) is 36.7 Å². The van der Waals surface area contributed by atoms with Gasteiger partial charge in [-0.3, -0.25) is 4.79 Å². The third-order valence-electron chi connectivity index (χ3n) is 3.56. The summed E-state index contributed by atoms with van der Waals surface area (Å²) in [4.78, 5) is 20.3. The number of benzene rings is 1. The number of nitrogens with one attached hydrogen (secondary N) is 2. The van der Waals surface area contributed by atoms with Gasteiger partial charge in [-0.15, -0.1) is 0 Å². The Morgan fingerprint density at radius 1 is 1.25 bits per heavy atom. The average molecular weight is 367 g/mol. The molecule has 9 heteroatoms. The monoisotopic (exact) mass is 366 g/mol. The van der Waals surface area contributed by atoms with E-state index in [4.69, 9.17) is 11.6 Å². The Bertz CT molecular complexity index is 855. The topological polar surface area (TPSA) is 101 Å². The number of aromatic nitrogens is 2. The van der Waals surface area contributed by atoms with Crippen LogP contribution in [0.2, 0.25) is 5.02 Å². The number of sulfone groups is 1. The average Bonchev–Trinajstić information content (AvgIpc) is 2.87. The minimum atomic E-state index is -2.97. The highest BCUT2D eigenvalue weighted by Gasteiger charge is 2.28. The smallest absolute Gasteiger partial charge is 0.258 e. The number of amides is 1. The minimum absolute atomic E-state index is 0.0768. The standard InChI is InChI=1S/C15H15ClN4O3S/c16-11-2-1-3-12(6-11)19-14(21)10-7-17-15(18-8-10)20-13-4-5-24(22,23)9-13/h1-3,6-8,13H,4-5,9H2,(H,19,21)(H,17,18,20). The Morgan fingerprint density at radius 3 is 2.62 bits per heavy atom. The lowest BCUT2D eigenvalue weighted by atomic mass is 10.2. The van der Waals surface area contributed by atoms with E-state index >= 15 is 0 Å². The Labute approximate surface area is 144 Å². The zero-order valence-corrected chi connectivity index (χ0v) is 14.1. The third-order valence-corrected chi connectivity index (χ3v) is 5.57.